The quantitative estimate of drug-likeness (QED) is 0.692. The summed E-state index contributed by atoms with van der Waals surface area (Å²) in [5.74, 6) is 0.505. The average molecular weight is 288 g/mol. The van der Waals surface area contributed by atoms with E-state index in [-0.39, 0.29) is 0 Å². The molecule has 0 radical (unpaired) electrons. The number of amides is 1. The van der Waals surface area contributed by atoms with Crippen LogP contribution in [0.5, 0.6) is 0 Å². The summed E-state index contributed by atoms with van der Waals surface area (Å²) in [7, 11) is 0. The lowest BCUT2D eigenvalue weighted by Gasteiger charge is -2.36. The first-order chi connectivity index (χ1) is 9.55. The van der Waals surface area contributed by atoms with Gasteiger partial charge in [-0.2, -0.15) is 0 Å². The first-order valence-electron chi connectivity index (χ1n) is 6.20. The molecule has 0 aliphatic rings. The fourth-order valence-corrected chi connectivity index (χ4v) is 2.31. The van der Waals surface area contributed by atoms with Gasteiger partial charge in [-0.3, -0.25) is 9.69 Å². The van der Waals surface area contributed by atoms with Gasteiger partial charge < -0.3 is 9.73 Å². The molecule has 20 heavy (non-hydrogen) atoms. The third-order valence-electron chi connectivity index (χ3n) is 3.16. The molecular formula is C15H16N2O2S. The van der Waals surface area contributed by atoms with Gasteiger partial charge in [-0.05, 0) is 37.7 Å². The summed E-state index contributed by atoms with van der Waals surface area (Å²) in [5, 5.41) is 3.20. The predicted molar refractivity (Wildman–Crippen MR) is 82.3 cm³/mol. The van der Waals surface area contributed by atoms with E-state index < -0.39 is 5.54 Å². The highest BCUT2D eigenvalue weighted by Gasteiger charge is 2.30. The van der Waals surface area contributed by atoms with Crippen LogP contribution in [0.4, 0.5) is 5.88 Å². The maximum atomic E-state index is 11.5. The van der Waals surface area contributed by atoms with E-state index in [1.54, 1.807) is 18.4 Å². The smallest absolute Gasteiger partial charge is 0.216 e. The van der Waals surface area contributed by atoms with Crippen LogP contribution in [0.3, 0.4) is 0 Å². The first-order valence-corrected chi connectivity index (χ1v) is 6.61. The van der Waals surface area contributed by atoms with Gasteiger partial charge in [0.05, 0.1) is 11.8 Å². The second-order valence-electron chi connectivity index (χ2n) is 4.81. The molecule has 0 saturated heterocycles. The normalized spacial score (nSPS) is 10.9. The number of nitrogens with zero attached hydrogens (tertiary/aromatic N) is 1. The summed E-state index contributed by atoms with van der Waals surface area (Å²) in [6, 6.07) is 13.2. The van der Waals surface area contributed by atoms with Crippen molar-refractivity contribution in [2.75, 3.05) is 5.32 Å². The maximum absolute atomic E-state index is 11.5. The molecular weight excluding hydrogens is 272 g/mol. The fourth-order valence-electron chi connectivity index (χ4n) is 1.93. The lowest BCUT2D eigenvalue weighted by atomic mass is 9.93. The van der Waals surface area contributed by atoms with Gasteiger partial charge in [-0.1, -0.05) is 30.3 Å². The van der Waals surface area contributed by atoms with Gasteiger partial charge >= 0.3 is 0 Å². The van der Waals surface area contributed by atoms with E-state index in [1.165, 1.54) is 4.90 Å². The number of hydrogen-bond acceptors (Lipinski definition) is 3. The molecule has 1 aromatic heterocycles. The Morgan fingerprint density at radius 1 is 1.25 bits per heavy atom. The van der Waals surface area contributed by atoms with Crippen molar-refractivity contribution < 1.29 is 9.21 Å². The Labute approximate surface area is 123 Å². The minimum Gasteiger partial charge on any atom is -0.449 e. The Morgan fingerprint density at radius 2 is 1.95 bits per heavy atom. The summed E-state index contributed by atoms with van der Waals surface area (Å²) < 4.78 is 5.18. The summed E-state index contributed by atoms with van der Waals surface area (Å²) in [4.78, 5) is 12.9. The minimum absolute atomic E-state index is 0.295. The number of carbonyl (C=O) groups is 1. The van der Waals surface area contributed by atoms with Crippen LogP contribution >= 0.6 is 12.2 Å². The molecule has 0 bridgehead atoms. The van der Waals surface area contributed by atoms with Crippen LogP contribution in [0.1, 0.15) is 19.4 Å². The highest BCUT2D eigenvalue weighted by Crippen LogP contribution is 2.27. The average Bonchev–Trinajstić information content (AvgIpc) is 2.93. The monoisotopic (exact) mass is 288 g/mol. The number of rotatable bonds is 4. The van der Waals surface area contributed by atoms with E-state index >= 15 is 0 Å². The summed E-state index contributed by atoms with van der Waals surface area (Å²) >= 11 is 5.29. The number of anilines is 1. The molecule has 1 amide bonds. The van der Waals surface area contributed by atoms with Crippen molar-refractivity contribution in [3.05, 3.63) is 54.3 Å². The van der Waals surface area contributed by atoms with Crippen LogP contribution in [-0.4, -0.2) is 16.4 Å². The van der Waals surface area contributed by atoms with Crippen molar-refractivity contribution >= 4 is 29.6 Å². The lowest BCUT2D eigenvalue weighted by Crippen LogP contribution is -2.46. The standard InChI is InChI=1S/C15H16N2O2S/c1-15(2,12-7-4-3-5-8-12)17(11-18)14(20)16-13-9-6-10-19-13/h3-11H,1-2H3,(H,16,20). The molecule has 5 heteroatoms. The second kappa shape index (κ2) is 5.88. The van der Waals surface area contributed by atoms with Gasteiger partial charge in [0, 0.05) is 6.07 Å². The molecule has 1 N–H and O–H groups in total. The molecule has 0 aliphatic heterocycles. The van der Waals surface area contributed by atoms with Gasteiger partial charge in [0.2, 0.25) is 6.41 Å². The van der Waals surface area contributed by atoms with Crippen molar-refractivity contribution in [1.29, 1.82) is 0 Å². The van der Waals surface area contributed by atoms with Gasteiger partial charge in [0.15, 0.2) is 11.0 Å². The maximum Gasteiger partial charge on any atom is 0.216 e. The van der Waals surface area contributed by atoms with Gasteiger partial charge in [-0.25, -0.2) is 0 Å². The molecule has 0 saturated carbocycles. The van der Waals surface area contributed by atoms with E-state index in [9.17, 15) is 4.79 Å². The SMILES string of the molecule is CC(C)(c1ccccc1)N(C=O)C(=S)Nc1ccco1. The number of benzene rings is 1. The third-order valence-corrected chi connectivity index (χ3v) is 3.46. The Morgan fingerprint density at radius 3 is 2.50 bits per heavy atom. The number of nitrogens with one attached hydrogen (secondary N) is 1. The molecule has 104 valence electrons. The molecule has 0 spiro atoms. The Balaban J connectivity index is 2.23. The molecule has 1 heterocycles. The largest absolute Gasteiger partial charge is 0.449 e. The van der Waals surface area contributed by atoms with Crippen LogP contribution < -0.4 is 5.32 Å². The zero-order valence-corrected chi connectivity index (χ0v) is 12.2. The van der Waals surface area contributed by atoms with Crippen LogP contribution in [0.2, 0.25) is 0 Å². The van der Waals surface area contributed by atoms with Crippen molar-refractivity contribution in [2.45, 2.75) is 19.4 Å². The zero-order valence-electron chi connectivity index (χ0n) is 11.4. The molecule has 0 fully saturated rings. The summed E-state index contributed by atoms with van der Waals surface area (Å²) in [5.41, 5.74) is 0.440. The van der Waals surface area contributed by atoms with E-state index in [0.717, 1.165) is 12.0 Å². The van der Waals surface area contributed by atoms with E-state index in [2.05, 4.69) is 5.32 Å². The van der Waals surface area contributed by atoms with Crippen molar-refractivity contribution in [3.63, 3.8) is 0 Å². The summed E-state index contributed by atoms with van der Waals surface area (Å²) in [6.07, 6.45) is 2.27. The minimum atomic E-state index is -0.556. The number of hydrogen-bond donors (Lipinski definition) is 1. The zero-order chi connectivity index (χ0) is 14.6. The number of furan rings is 1. The van der Waals surface area contributed by atoms with Gasteiger partial charge in [-0.15, -0.1) is 0 Å². The molecule has 4 nitrogen and oxygen atoms in total. The van der Waals surface area contributed by atoms with Gasteiger partial charge in [0.25, 0.3) is 0 Å². The van der Waals surface area contributed by atoms with E-state index in [0.29, 0.717) is 11.0 Å². The van der Waals surface area contributed by atoms with Crippen molar-refractivity contribution in [3.8, 4) is 0 Å². The third kappa shape index (κ3) is 2.88. The Bertz CT molecular complexity index is 579. The van der Waals surface area contributed by atoms with Crippen LogP contribution in [0, 0.1) is 0 Å². The van der Waals surface area contributed by atoms with Crippen LogP contribution in [0.25, 0.3) is 0 Å². The molecule has 2 rings (SSSR count). The Hall–Kier alpha value is -2.14. The van der Waals surface area contributed by atoms with Crippen LogP contribution in [-0.2, 0) is 10.3 Å². The molecule has 0 aliphatic carbocycles. The predicted octanol–water partition coefficient (Wildman–Crippen LogP) is 3.37. The van der Waals surface area contributed by atoms with E-state index in [1.807, 2.05) is 44.2 Å². The van der Waals surface area contributed by atoms with Gasteiger partial charge in [0.1, 0.15) is 0 Å². The van der Waals surface area contributed by atoms with Crippen molar-refractivity contribution in [1.82, 2.24) is 4.90 Å². The van der Waals surface area contributed by atoms with Crippen molar-refractivity contribution in [2.24, 2.45) is 0 Å². The fraction of sp³-hybridized carbons (Fsp3) is 0.200. The van der Waals surface area contributed by atoms with Crippen LogP contribution in [0.15, 0.2) is 53.1 Å². The highest BCUT2D eigenvalue weighted by molar-refractivity contribution is 7.80. The molecule has 0 atom stereocenters. The first kappa shape index (κ1) is 14.3. The number of thiocarbonyl (C=S) groups is 1. The van der Waals surface area contributed by atoms with E-state index in [4.69, 9.17) is 16.6 Å². The number of carbonyl (C=O) groups excluding carboxylic acids is 1. The molecule has 1 aromatic carbocycles. The topological polar surface area (TPSA) is 45.5 Å². The molecule has 0 unspecified atom stereocenters. The summed E-state index contributed by atoms with van der Waals surface area (Å²) in [6.45, 7) is 3.87. The second-order valence-corrected chi connectivity index (χ2v) is 5.19. The highest BCUT2D eigenvalue weighted by atomic mass is 32.1. The molecule has 2 aromatic rings. The lowest BCUT2D eigenvalue weighted by molar-refractivity contribution is -0.118. The Kier molecular flexibility index (Phi) is 4.20.